The third-order valence-electron chi connectivity index (χ3n) is 4.41. The summed E-state index contributed by atoms with van der Waals surface area (Å²) in [6.45, 7) is 0. The predicted octanol–water partition coefficient (Wildman–Crippen LogP) is 5.16. The molecule has 0 saturated heterocycles. The van der Waals surface area contributed by atoms with Gasteiger partial charge in [0.15, 0.2) is 0 Å². The lowest BCUT2D eigenvalue weighted by Gasteiger charge is -2.22. The first-order valence-electron chi connectivity index (χ1n) is 9.32. The van der Waals surface area contributed by atoms with Gasteiger partial charge in [0.25, 0.3) is 15.9 Å². The molecular weight excluding hydrogens is 481 g/mol. The van der Waals surface area contributed by atoms with Gasteiger partial charge in [-0.05, 0) is 42.5 Å². The molecule has 1 atom stereocenters. The SMILES string of the molecule is O=S(=O)(Nc1nc2ccccc2nc1OC(c1cccnc1)C(F)(F)F)c1ccc(Cl)cc1. The van der Waals surface area contributed by atoms with Crippen molar-refractivity contribution in [2.24, 2.45) is 0 Å². The van der Waals surface area contributed by atoms with Gasteiger partial charge in [0.05, 0.1) is 15.9 Å². The molecule has 0 spiro atoms. The van der Waals surface area contributed by atoms with Crippen molar-refractivity contribution in [2.75, 3.05) is 4.72 Å². The molecule has 12 heteroatoms. The second-order valence-electron chi connectivity index (χ2n) is 6.75. The van der Waals surface area contributed by atoms with Crippen LogP contribution < -0.4 is 9.46 Å². The van der Waals surface area contributed by atoms with Crippen LogP contribution in [0.4, 0.5) is 19.0 Å². The van der Waals surface area contributed by atoms with Gasteiger partial charge in [-0.1, -0.05) is 29.8 Å². The van der Waals surface area contributed by atoms with Gasteiger partial charge in [-0.15, -0.1) is 0 Å². The Bertz CT molecular complexity index is 1390. The minimum absolute atomic E-state index is 0.174. The molecule has 1 unspecified atom stereocenters. The summed E-state index contributed by atoms with van der Waals surface area (Å²) < 4.78 is 74.6. The molecule has 2 heterocycles. The van der Waals surface area contributed by atoms with Gasteiger partial charge in [-0.3, -0.25) is 9.71 Å². The van der Waals surface area contributed by atoms with Gasteiger partial charge >= 0.3 is 6.18 Å². The molecule has 33 heavy (non-hydrogen) atoms. The first-order valence-corrected chi connectivity index (χ1v) is 11.2. The second-order valence-corrected chi connectivity index (χ2v) is 8.87. The zero-order chi connectivity index (χ0) is 23.6. The summed E-state index contributed by atoms with van der Waals surface area (Å²) in [5.41, 5.74) is 0.184. The summed E-state index contributed by atoms with van der Waals surface area (Å²) in [6, 6.07) is 14.0. The van der Waals surface area contributed by atoms with E-state index >= 15 is 0 Å². The van der Waals surface area contributed by atoms with Crippen molar-refractivity contribution in [3.05, 3.63) is 83.6 Å². The Morgan fingerprint density at radius 2 is 1.61 bits per heavy atom. The standard InChI is InChI=1S/C21H14ClF3N4O3S/c22-14-7-9-15(10-8-14)33(30,31)29-19-20(28-17-6-2-1-5-16(17)27-19)32-18(21(23,24)25)13-4-3-11-26-12-13/h1-12,18H,(H,27,29). The number of anilines is 1. The number of nitrogens with one attached hydrogen (secondary N) is 1. The fourth-order valence-corrected chi connectivity index (χ4v) is 4.02. The van der Waals surface area contributed by atoms with E-state index in [0.717, 1.165) is 6.20 Å². The maximum atomic E-state index is 13.8. The van der Waals surface area contributed by atoms with Crippen LogP contribution in [0.5, 0.6) is 5.88 Å². The number of hydrogen-bond acceptors (Lipinski definition) is 6. The molecule has 1 N–H and O–H groups in total. The summed E-state index contributed by atoms with van der Waals surface area (Å²) in [4.78, 5) is 11.8. The lowest BCUT2D eigenvalue weighted by atomic mass is 10.1. The third-order valence-corrected chi connectivity index (χ3v) is 6.01. The van der Waals surface area contributed by atoms with E-state index in [0.29, 0.717) is 5.02 Å². The fourth-order valence-electron chi connectivity index (χ4n) is 2.90. The van der Waals surface area contributed by atoms with Crippen LogP contribution in [-0.4, -0.2) is 29.5 Å². The van der Waals surface area contributed by atoms with Crippen molar-refractivity contribution in [3.63, 3.8) is 0 Å². The topological polar surface area (TPSA) is 94.1 Å². The molecule has 0 radical (unpaired) electrons. The Hall–Kier alpha value is -3.44. The molecule has 2 aromatic carbocycles. The summed E-state index contributed by atoms with van der Waals surface area (Å²) in [6.07, 6.45) is -4.98. The van der Waals surface area contributed by atoms with Crippen LogP contribution in [0.25, 0.3) is 11.0 Å². The van der Waals surface area contributed by atoms with E-state index in [-0.39, 0.29) is 21.5 Å². The quantitative estimate of drug-likeness (QED) is 0.398. The van der Waals surface area contributed by atoms with Crippen molar-refractivity contribution >= 4 is 38.5 Å². The average molecular weight is 495 g/mol. The minimum atomic E-state index is -4.84. The van der Waals surface area contributed by atoms with Gasteiger partial charge in [0.2, 0.25) is 11.9 Å². The van der Waals surface area contributed by atoms with Gasteiger partial charge in [0.1, 0.15) is 0 Å². The van der Waals surface area contributed by atoms with Gasteiger partial charge in [-0.25, -0.2) is 18.4 Å². The lowest BCUT2D eigenvalue weighted by Crippen LogP contribution is -2.27. The number of fused-ring (bicyclic) bond motifs is 1. The smallest absolute Gasteiger partial charge is 0.429 e. The molecule has 170 valence electrons. The summed E-state index contributed by atoms with van der Waals surface area (Å²) in [7, 11) is -4.24. The molecular formula is C21H14ClF3N4O3S. The number of para-hydroxylation sites is 2. The number of halogens is 4. The van der Waals surface area contributed by atoms with Crippen molar-refractivity contribution in [1.29, 1.82) is 0 Å². The molecule has 4 aromatic rings. The van der Waals surface area contributed by atoms with Crippen molar-refractivity contribution in [2.45, 2.75) is 17.2 Å². The Balaban J connectivity index is 1.80. The summed E-state index contributed by atoms with van der Waals surface area (Å²) in [5.74, 6) is -1.14. The van der Waals surface area contributed by atoms with E-state index in [1.165, 1.54) is 54.7 Å². The van der Waals surface area contributed by atoms with E-state index in [9.17, 15) is 21.6 Å². The molecule has 0 amide bonds. The number of benzene rings is 2. The van der Waals surface area contributed by atoms with Crippen molar-refractivity contribution in [1.82, 2.24) is 15.0 Å². The molecule has 0 bridgehead atoms. The Labute approximate surface area is 191 Å². The molecule has 2 aromatic heterocycles. The second kappa shape index (κ2) is 8.83. The molecule has 7 nitrogen and oxygen atoms in total. The van der Waals surface area contributed by atoms with Crippen LogP contribution >= 0.6 is 11.6 Å². The molecule has 0 aliphatic rings. The zero-order valence-corrected chi connectivity index (χ0v) is 18.1. The van der Waals surface area contributed by atoms with Crippen LogP contribution in [0.3, 0.4) is 0 Å². The number of rotatable bonds is 6. The molecule has 0 aliphatic carbocycles. The molecule has 0 aliphatic heterocycles. The summed E-state index contributed by atoms with van der Waals surface area (Å²) >= 11 is 5.80. The van der Waals surface area contributed by atoms with E-state index in [1.54, 1.807) is 12.1 Å². The van der Waals surface area contributed by atoms with Crippen LogP contribution in [0.15, 0.2) is 78.0 Å². The number of aromatic nitrogens is 3. The number of nitrogens with zero attached hydrogens (tertiary/aromatic N) is 3. The first kappa shape index (κ1) is 22.7. The Morgan fingerprint density at radius 1 is 0.939 bits per heavy atom. The number of ether oxygens (including phenoxy) is 1. The lowest BCUT2D eigenvalue weighted by molar-refractivity contribution is -0.198. The van der Waals surface area contributed by atoms with Crippen LogP contribution in [0, 0.1) is 0 Å². The zero-order valence-electron chi connectivity index (χ0n) is 16.5. The largest absolute Gasteiger partial charge is 0.457 e. The minimum Gasteiger partial charge on any atom is -0.457 e. The molecule has 0 fully saturated rings. The van der Waals surface area contributed by atoms with Gasteiger partial charge < -0.3 is 4.74 Å². The van der Waals surface area contributed by atoms with Crippen LogP contribution in [0.2, 0.25) is 5.02 Å². The Kier molecular flexibility index (Phi) is 6.09. The molecule has 0 saturated carbocycles. The van der Waals surface area contributed by atoms with Crippen LogP contribution in [0.1, 0.15) is 11.7 Å². The average Bonchev–Trinajstić information content (AvgIpc) is 2.77. The molecule has 4 rings (SSSR count). The van der Waals surface area contributed by atoms with E-state index in [2.05, 4.69) is 19.7 Å². The van der Waals surface area contributed by atoms with Gasteiger partial charge in [-0.2, -0.15) is 13.2 Å². The highest BCUT2D eigenvalue weighted by Crippen LogP contribution is 2.38. The first-order chi connectivity index (χ1) is 15.6. The van der Waals surface area contributed by atoms with Gasteiger partial charge in [0, 0.05) is 23.0 Å². The van der Waals surface area contributed by atoms with E-state index in [4.69, 9.17) is 16.3 Å². The maximum Gasteiger partial charge on any atom is 0.429 e. The monoisotopic (exact) mass is 494 g/mol. The van der Waals surface area contributed by atoms with E-state index < -0.39 is 34.0 Å². The fraction of sp³-hybridized carbons (Fsp3) is 0.0952. The Morgan fingerprint density at radius 3 is 2.21 bits per heavy atom. The highest BCUT2D eigenvalue weighted by atomic mass is 35.5. The third kappa shape index (κ3) is 5.15. The number of pyridine rings is 1. The normalized spacial score (nSPS) is 13.0. The predicted molar refractivity (Wildman–Crippen MR) is 115 cm³/mol. The number of alkyl halides is 3. The highest BCUT2D eigenvalue weighted by molar-refractivity contribution is 7.92. The number of hydrogen-bond donors (Lipinski definition) is 1. The van der Waals surface area contributed by atoms with Crippen molar-refractivity contribution < 1.29 is 26.3 Å². The maximum absolute atomic E-state index is 13.8. The van der Waals surface area contributed by atoms with Crippen molar-refractivity contribution in [3.8, 4) is 5.88 Å². The summed E-state index contributed by atoms with van der Waals surface area (Å²) in [5, 5.41) is 0.313. The highest BCUT2D eigenvalue weighted by Gasteiger charge is 2.44. The van der Waals surface area contributed by atoms with Crippen LogP contribution in [-0.2, 0) is 10.0 Å². The number of sulfonamides is 1. The van der Waals surface area contributed by atoms with E-state index in [1.807, 2.05) is 0 Å².